The maximum Gasteiger partial charge on any atom is 0.159 e. The minimum Gasteiger partial charge on any atom is -0.359 e. The molecular formula is C28H31FN6. The molecule has 3 heterocycles. The van der Waals surface area contributed by atoms with Crippen LogP contribution in [0.4, 0.5) is 4.39 Å². The van der Waals surface area contributed by atoms with Crippen molar-refractivity contribution in [2.24, 2.45) is 5.92 Å². The van der Waals surface area contributed by atoms with Crippen LogP contribution in [-0.4, -0.2) is 25.1 Å². The van der Waals surface area contributed by atoms with Crippen LogP contribution in [0.1, 0.15) is 39.5 Å². The summed E-state index contributed by atoms with van der Waals surface area (Å²) in [5.41, 5.74) is 4.45. The van der Waals surface area contributed by atoms with Gasteiger partial charge in [-0.3, -0.25) is 10.1 Å². The van der Waals surface area contributed by atoms with E-state index in [1.54, 1.807) is 30.6 Å². The van der Waals surface area contributed by atoms with Crippen molar-refractivity contribution < 1.29 is 4.39 Å². The number of imidazole rings is 1. The zero-order chi connectivity index (χ0) is 24.9. The van der Waals surface area contributed by atoms with Gasteiger partial charge in [-0.1, -0.05) is 44.7 Å². The summed E-state index contributed by atoms with van der Waals surface area (Å²) < 4.78 is 16.1. The van der Waals surface area contributed by atoms with E-state index in [9.17, 15) is 0 Å². The fraction of sp³-hybridized carbons (Fsp3) is 0.250. The van der Waals surface area contributed by atoms with Crippen LogP contribution < -0.4 is 15.9 Å². The number of nitrogens with zero attached hydrogens (tertiary/aromatic N) is 3. The highest BCUT2D eigenvalue weighted by atomic mass is 19.1. The Morgan fingerprint density at radius 3 is 2.66 bits per heavy atom. The van der Waals surface area contributed by atoms with Crippen molar-refractivity contribution in [2.75, 3.05) is 0 Å². The van der Waals surface area contributed by atoms with Crippen molar-refractivity contribution in [1.29, 1.82) is 0 Å². The van der Waals surface area contributed by atoms with Crippen LogP contribution >= 0.6 is 0 Å². The molecule has 0 amide bonds. The third-order valence-corrected chi connectivity index (χ3v) is 6.42. The first kappa shape index (κ1) is 24.1. The molecule has 0 aromatic carbocycles. The quantitative estimate of drug-likeness (QED) is 0.401. The Hall–Kier alpha value is -4.00. The molecule has 7 heteroatoms. The first-order chi connectivity index (χ1) is 17.0. The van der Waals surface area contributed by atoms with Gasteiger partial charge in [-0.15, -0.1) is 0 Å². The molecule has 3 N–H and O–H groups in total. The van der Waals surface area contributed by atoms with Crippen molar-refractivity contribution in [2.45, 2.75) is 39.5 Å². The second kappa shape index (κ2) is 10.5. The maximum absolute atomic E-state index is 16.1. The van der Waals surface area contributed by atoms with Crippen LogP contribution in [0.3, 0.4) is 0 Å². The van der Waals surface area contributed by atoms with E-state index in [0.29, 0.717) is 33.6 Å². The second-order valence-electron chi connectivity index (χ2n) is 8.60. The molecule has 1 fully saturated rings. The van der Waals surface area contributed by atoms with Gasteiger partial charge in [-0.25, -0.2) is 9.37 Å². The predicted molar refractivity (Wildman–Crippen MR) is 141 cm³/mol. The minimum atomic E-state index is -0.484. The fourth-order valence-corrected chi connectivity index (χ4v) is 4.42. The third-order valence-electron chi connectivity index (χ3n) is 6.42. The van der Waals surface area contributed by atoms with E-state index in [1.807, 2.05) is 26.0 Å². The van der Waals surface area contributed by atoms with Gasteiger partial charge in [-0.05, 0) is 56.4 Å². The van der Waals surface area contributed by atoms with Gasteiger partial charge in [0.15, 0.2) is 5.82 Å². The van der Waals surface area contributed by atoms with Crippen LogP contribution in [0.2, 0.25) is 0 Å². The lowest BCUT2D eigenvalue weighted by Crippen LogP contribution is -2.26. The molecule has 0 spiro atoms. The van der Waals surface area contributed by atoms with E-state index in [2.05, 4.69) is 50.2 Å². The van der Waals surface area contributed by atoms with Gasteiger partial charge in [-0.2, -0.15) is 5.10 Å². The first-order valence-corrected chi connectivity index (χ1v) is 11.8. The molecule has 6 nitrogen and oxygen atoms in total. The molecule has 180 valence electrons. The van der Waals surface area contributed by atoms with Crippen molar-refractivity contribution in [1.82, 2.24) is 30.5 Å². The molecule has 35 heavy (non-hydrogen) atoms. The Labute approximate surface area is 204 Å². The zero-order valence-electron chi connectivity index (χ0n) is 20.3. The number of hydrogen-bond donors (Lipinski definition) is 3. The van der Waals surface area contributed by atoms with E-state index >= 15 is 4.39 Å². The van der Waals surface area contributed by atoms with Crippen molar-refractivity contribution >= 4 is 22.9 Å². The molecule has 0 saturated heterocycles. The summed E-state index contributed by atoms with van der Waals surface area (Å²) in [7, 11) is 0. The summed E-state index contributed by atoms with van der Waals surface area (Å²) in [6.45, 7) is 15.9. The van der Waals surface area contributed by atoms with Gasteiger partial charge in [0, 0.05) is 23.2 Å². The number of aromatic nitrogens is 5. The van der Waals surface area contributed by atoms with E-state index < -0.39 is 5.83 Å². The summed E-state index contributed by atoms with van der Waals surface area (Å²) in [5.74, 6) is 0.422. The van der Waals surface area contributed by atoms with Crippen molar-refractivity contribution in [3.63, 3.8) is 0 Å². The van der Waals surface area contributed by atoms with Crippen molar-refractivity contribution in [3.8, 4) is 11.5 Å². The van der Waals surface area contributed by atoms with Gasteiger partial charge in [0.2, 0.25) is 0 Å². The summed E-state index contributed by atoms with van der Waals surface area (Å²) >= 11 is 0. The molecule has 0 radical (unpaired) electrons. The Bertz CT molecular complexity index is 1430. The van der Waals surface area contributed by atoms with Crippen LogP contribution in [0.15, 0.2) is 79.0 Å². The number of aromatic amines is 2. The number of pyridine rings is 1. The highest BCUT2D eigenvalue weighted by molar-refractivity contribution is 5.79. The number of halogens is 1. The molecule has 0 atom stereocenters. The van der Waals surface area contributed by atoms with Gasteiger partial charge in [0.05, 0.1) is 27.8 Å². The number of hydrogen-bond acceptors (Lipinski definition) is 4. The van der Waals surface area contributed by atoms with Gasteiger partial charge in [0.1, 0.15) is 11.5 Å². The lowest BCUT2D eigenvalue weighted by atomic mass is 10.0. The van der Waals surface area contributed by atoms with Gasteiger partial charge < -0.3 is 10.3 Å². The van der Waals surface area contributed by atoms with Gasteiger partial charge in [0.25, 0.3) is 0 Å². The number of H-pyrrole nitrogens is 2. The Morgan fingerprint density at radius 1 is 1.23 bits per heavy atom. The van der Waals surface area contributed by atoms with Crippen LogP contribution in [0.25, 0.3) is 34.5 Å². The molecule has 4 rings (SSSR count). The predicted octanol–water partition coefficient (Wildman–Crippen LogP) is 5.09. The first-order valence-electron chi connectivity index (χ1n) is 11.8. The van der Waals surface area contributed by atoms with Crippen LogP contribution in [-0.2, 0) is 0 Å². The lowest BCUT2D eigenvalue weighted by Gasteiger charge is -2.17. The molecule has 1 aliphatic rings. The number of fused-ring (bicyclic) bond motifs is 1. The standard InChI is InChI=1S/C28H31FN6/c1-6-19(15-21(7-2)31-18(5)20-11-9-10-12-20)17(4)26(29)25-22(8-3)34-35-27(25)28-32-23-13-14-30-16-24(23)33-28/h6-8,13-16,20,31,34H,2,4-5,9-12H2,1,3H3,(H,32,33)/b19-6+,21-15+,22-8+,26-25-. The van der Waals surface area contributed by atoms with E-state index in [0.717, 1.165) is 35.3 Å². The molecular weight excluding hydrogens is 439 g/mol. The molecule has 0 bridgehead atoms. The molecule has 1 aliphatic carbocycles. The average molecular weight is 471 g/mol. The largest absolute Gasteiger partial charge is 0.359 e. The highest BCUT2D eigenvalue weighted by Crippen LogP contribution is 2.30. The van der Waals surface area contributed by atoms with E-state index in [4.69, 9.17) is 0 Å². The minimum absolute atomic E-state index is 0.239. The maximum atomic E-state index is 16.1. The second-order valence-corrected chi connectivity index (χ2v) is 8.60. The highest BCUT2D eigenvalue weighted by Gasteiger charge is 2.19. The molecule has 1 saturated carbocycles. The van der Waals surface area contributed by atoms with Crippen LogP contribution in [0.5, 0.6) is 0 Å². The van der Waals surface area contributed by atoms with Gasteiger partial charge >= 0.3 is 0 Å². The number of rotatable bonds is 8. The average Bonchev–Trinajstić information content (AvgIpc) is 3.64. The Morgan fingerprint density at radius 2 is 2.00 bits per heavy atom. The van der Waals surface area contributed by atoms with Crippen molar-refractivity contribution in [3.05, 3.63) is 89.5 Å². The summed E-state index contributed by atoms with van der Waals surface area (Å²) in [4.78, 5) is 11.9. The molecule has 0 aliphatic heterocycles. The third kappa shape index (κ3) is 4.94. The smallest absolute Gasteiger partial charge is 0.159 e. The molecule has 3 aromatic heterocycles. The monoisotopic (exact) mass is 470 g/mol. The van der Waals surface area contributed by atoms with E-state index in [1.165, 1.54) is 12.8 Å². The molecule has 0 unspecified atom stereocenters. The van der Waals surface area contributed by atoms with E-state index in [-0.39, 0.29) is 5.57 Å². The SMILES string of the molecule is C=C/C(=C\C(=C/C)C(=C)/C(F)=c1/c(-c2nc3ccncc3[nH]2)n[nH]/c1=C/C)NC(=C)C1CCCC1. The normalized spacial score (nSPS) is 16.6. The Kier molecular flexibility index (Phi) is 7.25. The number of nitrogens with one attached hydrogen (secondary N) is 3. The Balaban J connectivity index is 1.73. The lowest BCUT2D eigenvalue weighted by molar-refractivity contribution is 0.607. The fourth-order valence-electron chi connectivity index (χ4n) is 4.42. The summed E-state index contributed by atoms with van der Waals surface area (Å²) in [6, 6.07) is 1.79. The summed E-state index contributed by atoms with van der Waals surface area (Å²) in [6.07, 6.45) is 15.2. The zero-order valence-corrected chi connectivity index (χ0v) is 20.3. The topological polar surface area (TPSA) is 82.3 Å². The molecule has 3 aromatic rings. The van der Waals surface area contributed by atoms with Crippen LogP contribution in [0, 0.1) is 5.92 Å². The number of allylic oxidation sites excluding steroid dienone is 6. The summed E-state index contributed by atoms with van der Waals surface area (Å²) in [5, 5.41) is 11.5.